The fourth-order valence-electron chi connectivity index (χ4n) is 9.22. The van der Waals surface area contributed by atoms with Crippen molar-refractivity contribution in [3.8, 4) is 22.9 Å². The predicted molar refractivity (Wildman–Crippen MR) is 196 cm³/mol. The zero-order chi connectivity index (χ0) is 36.5. The number of hydrogen-bond donors (Lipinski definition) is 2. The minimum atomic E-state index is -2.82. The number of nitrogens with zero attached hydrogens (tertiary/aromatic N) is 5. The Bertz CT molecular complexity index is 2200. The van der Waals surface area contributed by atoms with E-state index in [1.807, 2.05) is 22.6 Å². The molecule has 4 unspecified atom stereocenters. The van der Waals surface area contributed by atoms with Gasteiger partial charge in [0.25, 0.3) is 6.43 Å². The van der Waals surface area contributed by atoms with Crippen molar-refractivity contribution in [1.29, 1.82) is 0 Å². The number of aromatic nitrogens is 2. The third-order valence-corrected chi connectivity index (χ3v) is 13.8. The van der Waals surface area contributed by atoms with Crippen molar-refractivity contribution < 1.29 is 78.0 Å². The Balaban J connectivity index is 0.00000384. The summed E-state index contributed by atoms with van der Waals surface area (Å²) in [6, 6.07) is 4.42. The number of halogens is 6. The van der Waals surface area contributed by atoms with E-state index in [1.165, 1.54) is 17.0 Å². The molecule has 284 valence electrons. The number of amides is 1. The Kier molecular flexibility index (Phi) is 9.68. The second-order valence-electron chi connectivity index (χ2n) is 15.2. The van der Waals surface area contributed by atoms with Crippen molar-refractivity contribution in [3.63, 3.8) is 0 Å². The molecule has 1 amide bonds. The summed E-state index contributed by atoms with van der Waals surface area (Å²) in [7, 11) is 0. The number of carbonyl (C=O) groups is 1. The zero-order valence-corrected chi connectivity index (χ0v) is 34.8. The van der Waals surface area contributed by atoms with Gasteiger partial charge in [-0.1, -0.05) is 0 Å². The van der Waals surface area contributed by atoms with Crippen molar-refractivity contribution in [3.05, 3.63) is 33.4 Å². The maximum atomic E-state index is 17.3. The van der Waals surface area contributed by atoms with Gasteiger partial charge in [0.1, 0.15) is 47.8 Å². The normalized spacial score (nSPS) is 28.7. The first-order valence-electron chi connectivity index (χ1n) is 17.9. The number of likely N-dealkylation sites (tertiary alicyclic amines) is 1. The number of benzene rings is 2. The Labute approximate surface area is 358 Å². The first-order valence-corrected chi connectivity index (χ1v) is 19.8. The fraction of sp³-hybridized carbons (Fsp3) is 0.528. The molecule has 0 bridgehead atoms. The van der Waals surface area contributed by atoms with Crippen molar-refractivity contribution in [2.75, 3.05) is 50.0 Å². The van der Waals surface area contributed by atoms with E-state index in [1.54, 1.807) is 4.90 Å². The van der Waals surface area contributed by atoms with Gasteiger partial charge in [-0.2, -0.15) is 26.7 Å². The van der Waals surface area contributed by atoms with Crippen LogP contribution in [0.2, 0.25) is 0 Å². The first kappa shape index (κ1) is 37.7. The van der Waals surface area contributed by atoms with Crippen LogP contribution in [0.1, 0.15) is 32.1 Å². The van der Waals surface area contributed by atoms with Gasteiger partial charge >= 0.3 is 6.01 Å². The molecule has 4 saturated heterocycles. The molecule has 10 rings (SSSR count). The van der Waals surface area contributed by atoms with E-state index >= 15 is 4.39 Å². The van der Waals surface area contributed by atoms with E-state index in [2.05, 4.69) is 21.3 Å². The Morgan fingerprint density at radius 2 is 2.04 bits per heavy atom. The first-order chi connectivity index (χ1) is 25.5. The summed E-state index contributed by atoms with van der Waals surface area (Å²) in [4.78, 5) is 28.1. The van der Waals surface area contributed by atoms with Gasteiger partial charge in [-0.15, -0.1) is 17.7 Å². The number of ether oxygens (including phenoxy) is 2. The number of nitrogens with one attached hydrogen (secondary N) is 1. The largest absolute Gasteiger partial charge is 0.484 e. The second-order valence-corrected chi connectivity index (χ2v) is 17.3. The SMILES string of the molecule is Nc1[c-]c2c(-c3c(I)c4c5c(nc(OC[C@@]67CCCN6C[C@H](F)C7)nc5c3F)N(CC(F)F)C3CN(C(=O)C5NC5C5CC5)CC3O4)ccc(F)c2s1.[Ce]. The van der Waals surface area contributed by atoms with Gasteiger partial charge in [-0.3, -0.25) is 15.0 Å². The molecule has 1 saturated carbocycles. The summed E-state index contributed by atoms with van der Waals surface area (Å²) in [6.45, 7) is 0.476. The third kappa shape index (κ3) is 6.15. The summed E-state index contributed by atoms with van der Waals surface area (Å²) >= 11 is 2.95. The number of rotatable bonds is 8. The van der Waals surface area contributed by atoms with Gasteiger partial charge in [-0.25, -0.2) is 22.0 Å². The fourth-order valence-corrected chi connectivity index (χ4v) is 10.9. The summed E-state index contributed by atoms with van der Waals surface area (Å²) in [5.41, 5.74) is 5.56. The molecule has 6 aliphatic rings. The average Bonchev–Trinajstić information content (AvgIpc) is 3.97. The minimum Gasteiger partial charge on any atom is -0.484 e. The second kappa shape index (κ2) is 13.9. The molecule has 3 N–H and O–H groups in total. The van der Waals surface area contributed by atoms with E-state index < -0.39 is 48.5 Å². The number of fused-ring (bicyclic) bond motifs is 3. The third-order valence-electron chi connectivity index (χ3n) is 11.9. The van der Waals surface area contributed by atoms with Crippen LogP contribution < -0.4 is 25.4 Å². The van der Waals surface area contributed by atoms with Crippen LogP contribution in [0.15, 0.2) is 12.1 Å². The van der Waals surface area contributed by atoms with Gasteiger partial charge in [0.05, 0.1) is 39.4 Å². The van der Waals surface area contributed by atoms with Gasteiger partial charge in [-0.05, 0) is 77.1 Å². The van der Waals surface area contributed by atoms with Crippen LogP contribution in [-0.4, -0.2) is 107 Å². The van der Waals surface area contributed by atoms with Gasteiger partial charge in [0, 0.05) is 72.3 Å². The summed E-state index contributed by atoms with van der Waals surface area (Å²) < 4.78 is 89.5. The standard InChI is InChI=1S/C36H34F5IN7O3S.Ce/c37-16-9-36(6-1-7-48(36)10-16)14-51-35-45-29-25-31(27(42)24(26(29)41)17-4-5-19(38)32-18(17)8-23(43)53-32)52-21-12-47(34(50)30-28(44-30)15-2-3-15)11-20(21)49(13-22(39)40)33(25)46-35;/h4-5,15-16,20-22,28,30,44H,1-3,6-7,9-14,43H2;/q-1;/t16-,20?,21?,28?,30?,36+;/m1./s1. The number of alkyl halides is 3. The number of thiophene rings is 1. The smallest absolute Gasteiger partial charge is 0.319 e. The number of anilines is 2. The van der Waals surface area contributed by atoms with Crippen molar-refractivity contribution in [1.82, 2.24) is 25.1 Å². The van der Waals surface area contributed by atoms with Crippen LogP contribution >= 0.6 is 33.9 Å². The van der Waals surface area contributed by atoms with Gasteiger partial charge in [0.15, 0.2) is 0 Å². The van der Waals surface area contributed by atoms with Gasteiger partial charge in [0.2, 0.25) is 5.91 Å². The van der Waals surface area contributed by atoms with E-state index in [-0.39, 0.29) is 139 Å². The van der Waals surface area contributed by atoms with Gasteiger partial charge < -0.3 is 25.0 Å². The average molecular weight is 1010 g/mol. The van der Waals surface area contributed by atoms with Crippen LogP contribution in [0.4, 0.5) is 32.8 Å². The Hall–Kier alpha value is -1.91. The summed E-state index contributed by atoms with van der Waals surface area (Å²) in [5, 5.41) is 3.87. The molecule has 54 heavy (non-hydrogen) atoms. The quantitative estimate of drug-likeness (QED) is 0.102. The molecule has 6 atom stereocenters. The predicted octanol–water partition coefficient (Wildman–Crippen LogP) is 5.53. The van der Waals surface area contributed by atoms with Crippen LogP contribution in [0.3, 0.4) is 0 Å². The number of nitrogens with two attached hydrogens (primary N) is 1. The molecule has 5 fully saturated rings. The van der Waals surface area contributed by atoms with Crippen LogP contribution in [0, 0.1) is 68.9 Å². The van der Waals surface area contributed by atoms with Crippen LogP contribution in [0.5, 0.6) is 11.8 Å². The van der Waals surface area contributed by atoms with Crippen LogP contribution in [0.25, 0.3) is 32.1 Å². The topological polar surface area (TPSA) is 119 Å². The Morgan fingerprint density at radius 3 is 2.81 bits per heavy atom. The van der Waals surface area contributed by atoms with E-state index in [0.29, 0.717) is 24.4 Å². The zero-order valence-electron chi connectivity index (χ0n) is 28.7. The molecular weight excluding hydrogens is 973 g/mol. The molecule has 10 nitrogen and oxygen atoms in total. The minimum absolute atomic E-state index is 0. The van der Waals surface area contributed by atoms with Crippen molar-refractivity contribution in [2.45, 2.75) is 74.5 Å². The van der Waals surface area contributed by atoms with Crippen LogP contribution in [-0.2, 0) is 4.79 Å². The molecule has 0 radical (unpaired) electrons. The van der Waals surface area contributed by atoms with E-state index in [0.717, 1.165) is 37.1 Å². The molecule has 7 heterocycles. The molecule has 2 aromatic carbocycles. The van der Waals surface area contributed by atoms with Crippen molar-refractivity contribution in [2.24, 2.45) is 5.92 Å². The molecular formula is C36H34CeF5IN7O3S-. The molecule has 18 heteroatoms. The number of nitrogen functional groups attached to an aromatic ring is 1. The molecule has 1 aliphatic carbocycles. The monoisotopic (exact) mass is 1010 g/mol. The summed E-state index contributed by atoms with van der Waals surface area (Å²) in [5.74, 6) is -0.819. The Morgan fingerprint density at radius 1 is 1.22 bits per heavy atom. The van der Waals surface area contributed by atoms with E-state index in [9.17, 15) is 22.4 Å². The maximum Gasteiger partial charge on any atom is 0.319 e. The molecule has 4 aromatic rings. The van der Waals surface area contributed by atoms with E-state index in [4.69, 9.17) is 20.2 Å². The number of hydrogen-bond acceptors (Lipinski definition) is 10. The molecule has 0 spiro atoms. The summed E-state index contributed by atoms with van der Waals surface area (Å²) in [6.07, 6.45) is -0.638. The number of carbonyl (C=O) groups excluding carboxylic acids is 1. The molecule has 5 aliphatic heterocycles. The maximum absolute atomic E-state index is 17.3. The molecule has 2 aromatic heterocycles. The van der Waals surface area contributed by atoms with Crippen molar-refractivity contribution >= 4 is 71.6 Å².